The highest BCUT2D eigenvalue weighted by atomic mass is 16.3. The first kappa shape index (κ1) is 33.6. The van der Waals surface area contributed by atoms with E-state index in [-0.39, 0.29) is 0 Å². The Morgan fingerprint density at radius 3 is 1.57 bits per heavy atom. The van der Waals surface area contributed by atoms with Crippen LogP contribution in [0.1, 0.15) is 0 Å². The summed E-state index contributed by atoms with van der Waals surface area (Å²) in [6.07, 6.45) is 0. The summed E-state index contributed by atoms with van der Waals surface area (Å²) in [6, 6.07) is 77.7. The van der Waals surface area contributed by atoms with E-state index < -0.39 is 0 Å². The van der Waals surface area contributed by atoms with E-state index in [0.29, 0.717) is 5.89 Å². The van der Waals surface area contributed by atoms with Crippen molar-refractivity contribution in [2.45, 2.75) is 0 Å². The molecule has 0 unspecified atom stereocenters. The Balaban J connectivity index is 0.898. The highest BCUT2D eigenvalue weighted by Gasteiger charge is 2.16. The molecule has 0 atom stereocenters. The molecular weight excluding hydrogens is 705 g/mol. The number of para-hydroxylation sites is 1. The molecule has 0 aliphatic rings. The molecule has 0 aliphatic carbocycles. The molecule has 0 spiro atoms. The third-order valence-corrected chi connectivity index (χ3v) is 11.3. The molecule has 11 rings (SSSR count). The Morgan fingerprint density at radius 2 is 0.845 bits per heavy atom. The van der Waals surface area contributed by atoms with E-state index in [0.717, 1.165) is 55.6 Å². The van der Waals surface area contributed by atoms with Gasteiger partial charge in [0.1, 0.15) is 5.52 Å². The first-order valence-corrected chi connectivity index (χ1v) is 19.7. The van der Waals surface area contributed by atoms with Gasteiger partial charge >= 0.3 is 0 Å². The number of aromatic nitrogens is 1. The standard InChI is InChI=1S/C55H36N2O/c1-3-12-41(13-4-1)55-56-54-51-21-11-20-46(50(51)34-35-53(54)58-55)39-24-22-37(23-25-39)38-26-30-44(31-27-38)57(43-15-5-2-6-16-43)45-32-28-40(29-33-45)52-36-42-14-7-8-17-47(42)48-18-9-10-19-49(48)52/h1-36H. The molecule has 58 heavy (non-hydrogen) atoms. The molecule has 0 saturated heterocycles. The second kappa shape index (κ2) is 14.1. The quantitative estimate of drug-likeness (QED) is 0.152. The molecular formula is C55H36N2O. The van der Waals surface area contributed by atoms with E-state index in [1.807, 2.05) is 36.4 Å². The van der Waals surface area contributed by atoms with Crippen molar-refractivity contribution in [2.24, 2.45) is 0 Å². The predicted octanol–water partition coefficient (Wildman–Crippen LogP) is 15.4. The minimum Gasteiger partial charge on any atom is -0.436 e. The van der Waals surface area contributed by atoms with Crippen molar-refractivity contribution in [3.05, 3.63) is 218 Å². The lowest BCUT2D eigenvalue weighted by atomic mass is 9.93. The van der Waals surface area contributed by atoms with E-state index >= 15 is 0 Å². The van der Waals surface area contributed by atoms with Crippen LogP contribution in [-0.2, 0) is 0 Å². The van der Waals surface area contributed by atoms with Gasteiger partial charge in [0.2, 0.25) is 5.89 Å². The number of nitrogens with zero attached hydrogens (tertiary/aromatic N) is 2. The van der Waals surface area contributed by atoms with E-state index in [2.05, 4.69) is 187 Å². The van der Waals surface area contributed by atoms with Crippen LogP contribution < -0.4 is 4.90 Å². The first-order valence-electron chi connectivity index (χ1n) is 19.7. The van der Waals surface area contributed by atoms with Crippen LogP contribution in [-0.4, -0.2) is 4.98 Å². The molecule has 0 radical (unpaired) electrons. The molecule has 0 saturated carbocycles. The number of benzene rings is 10. The van der Waals surface area contributed by atoms with E-state index in [1.165, 1.54) is 43.8 Å². The first-order chi connectivity index (χ1) is 28.7. The van der Waals surface area contributed by atoms with Gasteiger partial charge in [-0.05, 0) is 127 Å². The molecule has 1 heterocycles. The number of hydrogen-bond acceptors (Lipinski definition) is 3. The Bertz CT molecular complexity index is 3240. The van der Waals surface area contributed by atoms with E-state index in [4.69, 9.17) is 9.40 Å². The van der Waals surface area contributed by atoms with Crippen molar-refractivity contribution >= 4 is 60.5 Å². The number of fused-ring (bicyclic) bond motifs is 6. The van der Waals surface area contributed by atoms with Crippen molar-refractivity contribution in [2.75, 3.05) is 4.90 Å². The molecule has 0 aliphatic heterocycles. The SMILES string of the molecule is c1ccc(-c2nc3c(ccc4c(-c5ccc(-c6ccc(N(c7ccccc7)c7ccc(-c8cc9ccccc9c9ccccc89)cc7)cc6)cc5)cccc43)o2)cc1. The van der Waals surface area contributed by atoms with Crippen molar-refractivity contribution in [3.63, 3.8) is 0 Å². The smallest absolute Gasteiger partial charge is 0.227 e. The highest BCUT2D eigenvalue weighted by Crippen LogP contribution is 2.40. The summed E-state index contributed by atoms with van der Waals surface area (Å²) in [4.78, 5) is 7.25. The average Bonchev–Trinajstić information content (AvgIpc) is 3.75. The minimum absolute atomic E-state index is 0.638. The van der Waals surface area contributed by atoms with Crippen LogP contribution in [0.4, 0.5) is 17.1 Å². The third-order valence-electron chi connectivity index (χ3n) is 11.3. The van der Waals surface area contributed by atoms with Gasteiger partial charge in [0.05, 0.1) is 0 Å². The van der Waals surface area contributed by atoms with Crippen LogP contribution in [0, 0.1) is 0 Å². The van der Waals surface area contributed by atoms with E-state index in [1.54, 1.807) is 0 Å². The molecule has 11 aromatic rings. The molecule has 3 heteroatoms. The van der Waals surface area contributed by atoms with Gasteiger partial charge in [-0.25, -0.2) is 4.98 Å². The number of anilines is 3. The molecule has 0 amide bonds. The monoisotopic (exact) mass is 740 g/mol. The maximum absolute atomic E-state index is 6.18. The van der Waals surface area contributed by atoms with Crippen LogP contribution in [0.2, 0.25) is 0 Å². The molecule has 272 valence electrons. The van der Waals surface area contributed by atoms with Gasteiger partial charge in [-0.15, -0.1) is 0 Å². The van der Waals surface area contributed by atoms with Crippen LogP contribution >= 0.6 is 0 Å². The minimum atomic E-state index is 0.638. The average molecular weight is 741 g/mol. The Kier molecular flexibility index (Phi) is 8.15. The van der Waals surface area contributed by atoms with Crippen molar-refractivity contribution in [1.82, 2.24) is 4.98 Å². The molecule has 0 N–H and O–H groups in total. The van der Waals surface area contributed by atoms with Crippen molar-refractivity contribution in [3.8, 4) is 44.8 Å². The number of hydrogen-bond donors (Lipinski definition) is 0. The Morgan fingerprint density at radius 1 is 0.328 bits per heavy atom. The van der Waals surface area contributed by atoms with Gasteiger partial charge in [0.15, 0.2) is 5.58 Å². The molecule has 0 fully saturated rings. The van der Waals surface area contributed by atoms with Crippen LogP contribution in [0.15, 0.2) is 223 Å². The fraction of sp³-hybridized carbons (Fsp3) is 0. The van der Waals surface area contributed by atoms with Gasteiger partial charge < -0.3 is 9.32 Å². The zero-order valence-electron chi connectivity index (χ0n) is 31.6. The summed E-state index contributed by atoms with van der Waals surface area (Å²) in [5, 5.41) is 7.31. The normalized spacial score (nSPS) is 11.4. The lowest BCUT2D eigenvalue weighted by Gasteiger charge is -2.26. The van der Waals surface area contributed by atoms with Crippen LogP contribution in [0.3, 0.4) is 0 Å². The lowest BCUT2D eigenvalue weighted by Crippen LogP contribution is -2.09. The van der Waals surface area contributed by atoms with Gasteiger partial charge in [0, 0.05) is 28.0 Å². The largest absolute Gasteiger partial charge is 0.436 e. The van der Waals surface area contributed by atoms with Crippen LogP contribution in [0.25, 0.3) is 88.3 Å². The van der Waals surface area contributed by atoms with Crippen molar-refractivity contribution in [1.29, 1.82) is 0 Å². The summed E-state index contributed by atoms with van der Waals surface area (Å²) in [6.45, 7) is 0. The lowest BCUT2D eigenvalue weighted by molar-refractivity contribution is 0.620. The second-order valence-corrected chi connectivity index (χ2v) is 14.7. The van der Waals surface area contributed by atoms with Gasteiger partial charge in [-0.3, -0.25) is 0 Å². The van der Waals surface area contributed by atoms with Crippen LogP contribution in [0.5, 0.6) is 0 Å². The highest BCUT2D eigenvalue weighted by molar-refractivity contribution is 6.14. The summed E-state index contributed by atoms with van der Waals surface area (Å²) < 4.78 is 6.18. The van der Waals surface area contributed by atoms with Gasteiger partial charge in [-0.2, -0.15) is 0 Å². The molecule has 1 aromatic heterocycles. The predicted molar refractivity (Wildman–Crippen MR) is 243 cm³/mol. The molecule has 10 aromatic carbocycles. The molecule has 0 bridgehead atoms. The fourth-order valence-electron chi connectivity index (χ4n) is 8.46. The molecule has 3 nitrogen and oxygen atoms in total. The van der Waals surface area contributed by atoms with Gasteiger partial charge in [-0.1, -0.05) is 152 Å². The number of rotatable bonds is 7. The maximum atomic E-state index is 6.18. The van der Waals surface area contributed by atoms with Gasteiger partial charge in [0.25, 0.3) is 0 Å². The maximum Gasteiger partial charge on any atom is 0.227 e. The summed E-state index contributed by atoms with van der Waals surface area (Å²) in [7, 11) is 0. The van der Waals surface area contributed by atoms with E-state index in [9.17, 15) is 0 Å². The Hall–Kier alpha value is -7.75. The summed E-state index contributed by atoms with van der Waals surface area (Å²) in [5.41, 5.74) is 13.1. The third kappa shape index (κ3) is 5.89. The number of oxazole rings is 1. The zero-order valence-corrected chi connectivity index (χ0v) is 31.6. The van der Waals surface area contributed by atoms with Crippen molar-refractivity contribution < 1.29 is 4.42 Å². The fourth-order valence-corrected chi connectivity index (χ4v) is 8.46. The zero-order chi connectivity index (χ0) is 38.4. The summed E-state index contributed by atoms with van der Waals surface area (Å²) in [5.74, 6) is 0.638. The second-order valence-electron chi connectivity index (χ2n) is 14.7. The topological polar surface area (TPSA) is 29.3 Å². The Labute approximate surface area is 336 Å². The summed E-state index contributed by atoms with van der Waals surface area (Å²) >= 11 is 0.